The fourth-order valence-corrected chi connectivity index (χ4v) is 2.00. The molecule has 86 valence electrons. The Morgan fingerprint density at radius 3 is 2.38 bits per heavy atom. The van der Waals surface area contributed by atoms with Crippen molar-refractivity contribution in [3.05, 3.63) is 23.3 Å². The number of ketones is 1. The Kier molecular flexibility index (Phi) is 2.37. The first-order chi connectivity index (χ1) is 7.49. The highest BCUT2D eigenvalue weighted by molar-refractivity contribution is 6.07. The molecule has 0 spiro atoms. The van der Waals surface area contributed by atoms with E-state index in [2.05, 4.69) is 0 Å². The number of fused-ring (bicyclic) bond motifs is 1. The van der Waals surface area contributed by atoms with Crippen molar-refractivity contribution < 1.29 is 18.7 Å². The first-order valence-electron chi connectivity index (χ1n) is 4.98. The van der Waals surface area contributed by atoms with Crippen LogP contribution in [0.3, 0.4) is 0 Å². The number of hydrogen-bond donors (Lipinski definition) is 0. The normalized spacial score (nSPS) is 23.1. The maximum Gasteiger partial charge on any atom is 0.200 e. The quantitative estimate of drug-likeness (QED) is 0.772. The highest BCUT2D eigenvalue weighted by Crippen LogP contribution is 2.39. The Bertz CT molecular complexity index is 452. The molecule has 0 aromatic heterocycles. The van der Waals surface area contributed by atoms with Crippen LogP contribution in [0.2, 0.25) is 0 Å². The van der Waals surface area contributed by atoms with E-state index in [1.807, 2.05) is 0 Å². The SMILES string of the molecule is COc1cc2c(cc1OC)C(=O)C(C)(F)C2. The highest BCUT2D eigenvalue weighted by atomic mass is 19.1. The second kappa shape index (κ2) is 3.47. The second-order valence-corrected chi connectivity index (χ2v) is 4.07. The van der Waals surface area contributed by atoms with Gasteiger partial charge in [0.05, 0.1) is 14.2 Å². The number of alkyl halides is 1. The van der Waals surface area contributed by atoms with Crippen LogP contribution in [0.15, 0.2) is 12.1 Å². The third kappa shape index (κ3) is 1.45. The summed E-state index contributed by atoms with van der Waals surface area (Å²) in [7, 11) is 2.99. The Morgan fingerprint density at radius 1 is 1.25 bits per heavy atom. The number of benzene rings is 1. The summed E-state index contributed by atoms with van der Waals surface area (Å²) in [6, 6.07) is 3.21. The Hall–Kier alpha value is -1.58. The third-order valence-corrected chi connectivity index (χ3v) is 2.85. The average Bonchev–Trinajstić information content (AvgIpc) is 2.48. The molecule has 0 saturated heterocycles. The Balaban J connectivity index is 2.56. The van der Waals surface area contributed by atoms with Gasteiger partial charge in [-0.25, -0.2) is 4.39 Å². The highest BCUT2D eigenvalue weighted by Gasteiger charge is 2.42. The lowest BCUT2D eigenvalue weighted by Crippen LogP contribution is -2.25. The average molecular weight is 224 g/mol. The predicted octanol–water partition coefficient (Wildman–Crippen LogP) is 2.17. The molecule has 4 heteroatoms. The molecule has 0 aliphatic heterocycles. The molecule has 0 amide bonds. The fourth-order valence-electron chi connectivity index (χ4n) is 2.00. The molecule has 1 aromatic rings. The van der Waals surface area contributed by atoms with E-state index >= 15 is 0 Å². The van der Waals surface area contributed by atoms with Gasteiger partial charge >= 0.3 is 0 Å². The maximum atomic E-state index is 13.8. The van der Waals surface area contributed by atoms with Gasteiger partial charge in [-0.15, -0.1) is 0 Å². The van der Waals surface area contributed by atoms with Crippen LogP contribution in [0.1, 0.15) is 22.8 Å². The molecule has 0 radical (unpaired) electrons. The molecule has 0 saturated carbocycles. The van der Waals surface area contributed by atoms with Crippen molar-refractivity contribution in [2.24, 2.45) is 0 Å². The lowest BCUT2D eigenvalue weighted by molar-refractivity contribution is 0.0759. The molecule has 3 nitrogen and oxygen atoms in total. The van der Waals surface area contributed by atoms with E-state index in [-0.39, 0.29) is 6.42 Å². The lowest BCUT2D eigenvalue weighted by atomic mass is 10.1. The van der Waals surface area contributed by atoms with Crippen molar-refractivity contribution in [3.63, 3.8) is 0 Å². The van der Waals surface area contributed by atoms with E-state index in [0.29, 0.717) is 22.6 Å². The summed E-state index contributed by atoms with van der Waals surface area (Å²) in [5.74, 6) is 0.488. The van der Waals surface area contributed by atoms with Gasteiger partial charge < -0.3 is 9.47 Å². The molecule has 2 rings (SSSR count). The van der Waals surface area contributed by atoms with E-state index in [4.69, 9.17) is 9.47 Å². The van der Waals surface area contributed by atoms with Crippen molar-refractivity contribution >= 4 is 5.78 Å². The zero-order chi connectivity index (χ0) is 11.9. The molecule has 1 unspecified atom stereocenters. The number of halogens is 1. The van der Waals surface area contributed by atoms with E-state index in [9.17, 15) is 9.18 Å². The van der Waals surface area contributed by atoms with Crippen LogP contribution in [0.4, 0.5) is 4.39 Å². The first-order valence-corrected chi connectivity index (χ1v) is 4.98. The van der Waals surface area contributed by atoms with E-state index < -0.39 is 11.5 Å². The number of hydrogen-bond acceptors (Lipinski definition) is 3. The summed E-state index contributed by atoms with van der Waals surface area (Å²) in [6.07, 6.45) is 0.0987. The van der Waals surface area contributed by atoms with Gasteiger partial charge in [-0.05, 0) is 24.6 Å². The summed E-state index contributed by atoms with van der Waals surface area (Å²) < 4.78 is 24.0. The number of Topliss-reactive ketones (excluding diaryl/α,β-unsaturated/α-hetero) is 1. The van der Waals surface area contributed by atoms with Crippen molar-refractivity contribution in [2.75, 3.05) is 14.2 Å². The molecular formula is C12H13FO3. The minimum Gasteiger partial charge on any atom is -0.493 e. The molecule has 0 heterocycles. The van der Waals surface area contributed by atoms with Crippen molar-refractivity contribution in [1.82, 2.24) is 0 Å². The molecule has 1 atom stereocenters. The number of rotatable bonds is 2. The molecule has 1 aromatic carbocycles. The van der Waals surface area contributed by atoms with Crippen LogP contribution in [-0.2, 0) is 6.42 Å². The van der Waals surface area contributed by atoms with Gasteiger partial charge in [0, 0.05) is 12.0 Å². The fraction of sp³-hybridized carbons (Fsp3) is 0.417. The number of methoxy groups -OCH3 is 2. The summed E-state index contributed by atoms with van der Waals surface area (Å²) >= 11 is 0. The monoisotopic (exact) mass is 224 g/mol. The Morgan fingerprint density at radius 2 is 1.81 bits per heavy atom. The Labute approximate surface area is 93.2 Å². The van der Waals surface area contributed by atoms with E-state index in [0.717, 1.165) is 0 Å². The lowest BCUT2D eigenvalue weighted by Gasteiger charge is -2.08. The molecule has 1 aliphatic rings. The molecular weight excluding hydrogens is 211 g/mol. The van der Waals surface area contributed by atoms with Gasteiger partial charge in [0.15, 0.2) is 23.0 Å². The van der Waals surface area contributed by atoms with Gasteiger partial charge in [0.1, 0.15) is 0 Å². The van der Waals surface area contributed by atoms with Crippen molar-refractivity contribution in [3.8, 4) is 11.5 Å². The summed E-state index contributed by atoms with van der Waals surface area (Å²) in [5, 5.41) is 0. The van der Waals surface area contributed by atoms with Crippen LogP contribution >= 0.6 is 0 Å². The molecule has 0 bridgehead atoms. The molecule has 0 fully saturated rings. The zero-order valence-corrected chi connectivity index (χ0v) is 9.46. The number of carbonyl (C=O) groups excluding carboxylic acids is 1. The maximum absolute atomic E-state index is 13.8. The summed E-state index contributed by atoms with van der Waals surface area (Å²) in [6.45, 7) is 1.30. The standard InChI is InChI=1S/C12H13FO3/c1-12(13)6-7-4-9(15-2)10(16-3)5-8(7)11(12)14/h4-5H,6H2,1-3H3. The van der Waals surface area contributed by atoms with Crippen molar-refractivity contribution in [1.29, 1.82) is 0 Å². The van der Waals surface area contributed by atoms with Crippen LogP contribution in [0, 0.1) is 0 Å². The molecule has 16 heavy (non-hydrogen) atoms. The van der Waals surface area contributed by atoms with E-state index in [1.165, 1.54) is 21.1 Å². The van der Waals surface area contributed by atoms with Gasteiger partial charge in [-0.3, -0.25) is 4.79 Å². The number of carbonyl (C=O) groups is 1. The van der Waals surface area contributed by atoms with Gasteiger partial charge in [-0.2, -0.15) is 0 Å². The number of ether oxygens (including phenoxy) is 2. The first kappa shape index (κ1) is 10.9. The largest absolute Gasteiger partial charge is 0.493 e. The van der Waals surface area contributed by atoms with Gasteiger partial charge in [0.25, 0.3) is 0 Å². The minimum atomic E-state index is -1.81. The smallest absolute Gasteiger partial charge is 0.200 e. The second-order valence-electron chi connectivity index (χ2n) is 4.07. The predicted molar refractivity (Wildman–Crippen MR) is 57.1 cm³/mol. The topological polar surface area (TPSA) is 35.5 Å². The van der Waals surface area contributed by atoms with Crippen LogP contribution in [0.5, 0.6) is 11.5 Å². The van der Waals surface area contributed by atoms with Gasteiger partial charge in [-0.1, -0.05) is 0 Å². The molecule has 0 N–H and O–H groups in total. The third-order valence-electron chi connectivity index (χ3n) is 2.85. The van der Waals surface area contributed by atoms with Crippen molar-refractivity contribution in [2.45, 2.75) is 19.0 Å². The summed E-state index contributed by atoms with van der Waals surface area (Å²) in [5.41, 5.74) is -0.741. The summed E-state index contributed by atoms with van der Waals surface area (Å²) in [4.78, 5) is 11.7. The zero-order valence-electron chi connectivity index (χ0n) is 9.46. The molecule has 1 aliphatic carbocycles. The minimum absolute atomic E-state index is 0.0987. The van der Waals surface area contributed by atoms with E-state index in [1.54, 1.807) is 12.1 Å². The van der Waals surface area contributed by atoms with Crippen LogP contribution in [-0.4, -0.2) is 25.7 Å². The van der Waals surface area contributed by atoms with Crippen LogP contribution < -0.4 is 9.47 Å². The van der Waals surface area contributed by atoms with Crippen LogP contribution in [0.25, 0.3) is 0 Å². The van der Waals surface area contributed by atoms with Gasteiger partial charge in [0.2, 0.25) is 0 Å².